The predicted molar refractivity (Wildman–Crippen MR) is 208 cm³/mol. The zero-order chi connectivity index (χ0) is 37.7. The van der Waals surface area contributed by atoms with Gasteiger partial charge >= 0.3 is 0 Å². The van der Waals surface area contributed by atoms with Gasteiger partial charge in [0.15, 0.2) is 20.0 Å². The molecule has 278 valence electrons. The van der Waals surface area contributed by atoms with Crippen molar-refractivity contribution in [2.45, 2.75) is 91.7 Å². The van der Waals surface area contributed by atoms with Gasteiger partial charge in [-0.05, 0) is 68.7 Å². The highest BCUT2D eigenvalue weighted by atomic mass is 28.4. The normalized spacial score (nSPS) is 16.0. The van der Waals surface area contributed by atoms with Gasteiger partial charge in [-0.3, -0.25) is 19.5 Å². The van der Waals surface area contributed by atoms with E-state index in [1.165, 1.54) is 0 Å². The van der Waals surface area contributed by atoms with E-state index in [-0.39, 0.29) is 23.0 Å². The number of hydrogen-bond acceptors (Lipinski definition) is 8. The number of fused-ring (bicyclic) bond motifs is 2. The average molecular weight is 726 g/mol. The molecule has 1 aromatic carbocycles. The molecule has 2 N–H and O–H groups in total. The lowest BCUT2D eigenvalue weighted by Crippen LogP contribution is -2.46. The molecule has 0 fully saturated rings. The molecule has 5 heterocycles. The topological polar surface area (TPSA) is 122 Å². The van der Waals surface area contributed by atoms with Crippen molar-refractivity contribution >= 4 is 31.5 Å². The van der Waals surface area contributed by atoms with E-state index in [1.54, 1.807) is 12.4 Å². The van der Waals surface area contributed by atoms with Crippen molar-refractivity contribution in [2.24, 2.45) is 14.1 Å². The van der Waals surface area contributed by atoms with Gasteiger partial charge in [0, 0.05) is 88.5 Å². The van der Waals surface area contributed by atoms with Crippen molar-refractivity contribution in [1.82, 2.24) is 33.9 Å². The molecular weight excluding hydrogens is 671 g/mol. The molecule has 0 saturated heterocycles. The SMILES string of the molecule is Cc1c(NC(=O)c2nc3c(n2C)CCN(C)C3)cccc1-c1cncc(NC(=O)c2nc3c(n2C)CCN(C[C@H](C)O[Si](C)(C)C(C)(C)C)C3)c1C. The van der Waals surface area contributed by atoms with Crippen molar-refractivity contribution in [1.29, 1.82) is 0 Å². The lowest BCUT2D eigenvalue weighted by Gasteiger charge is -2.40. The first-order chi connectivity index (χ1) is 24.4. The number of carbonyl (C=O) groups excluding carboxylic acids is 2. The van der Waals surface area contributed by atoms with Gasteiger partial charge in [-0.1, -0.05) is 32.9 Å². The molecule has 0 unspecified atom stereocenters. The summed E-state index contributed by atoms with van der Waals surface area (Å²) in [6, 6.07) is 5.82. The number of rotatable bonds is 9. The van der Waals surface area contributed by atoms with Crippen molar-refractivity contribution in [3.05, 3.63) is 76.1 Å². The number of aromatic nitrogens is 5. The molecule has 2 aliphatic heterocycles. The first-order valence-corrected chi connectivity index (χ1v) is 21.2. The number of pyridine rings is 1. The van der Waals surface area contributed by atoms with Crippen LogP contribution in [-0.2, 0) is 44.5 Å². The fraction of sp³-hybridized carbons (Fsp3) is 0.513. The Bertz CT molecular complexity index is 2010. The van der Waals surface area contributed by atoms with Crippen LogP contribution in [0.3, 0.4) is 0 Å². The molecular formula is C39H55N9O3Si. The molecule has 52 heavy (non-hydrogen) atoms. The molecule has 13 heteroatoms. The molecule has 0 spiro atoms. The lowest BCUT2D eigenvalue weighted by molar-refractivity contribution is 0.100. The quantitative estimate of drug-likeness (QED) is 0.199. The summed E-state index contributed by atoms with van der Waals surface area (Å²) in [6.07, 6.45) is 5.27. The van der Waals surface area contributed by atoms with Gasteiger partial charge in [-0.25, -0.2) is 9.97 Å². The number of nitrogens with zero attached hydrogens (tertiary/aromatic N) is 7. The standard InChI is InChI=1S/C39H55N9O3Si/c1-24(51-52(10,11)39(4,5)6)21-48-18-16-34-32(23-48)42-36(47(34)9)38(50)44-30-20-40-19-28(26(30)3)27-13-12-14-29(25(27)2)43-37(49)35-41-31-22-45(7)17-15-33(31)46(35)8/h12-14,19-20,24H,15-18,21-23H2,1-11H3,(H,43,49)(H,44,50)/t24-/m0/s1. The van der Waals surface area contributed by atoms with Gasteiger partial charge < -0.3 is 29.1 Å². The number of imidazole rings is 2. The smallest absolute Gasteiger partial charge is 0.291 e. The summed E-state index contributed by atoms with van der Waals surface area (Å²) in [5, 5.41) is 6.35. The van der Waals surface area contributed by atoms with Crippen LogP contribution < -0.4 is 10.6 Å². The van der Waals surface area contributed by atoms with Crippen LogP contribution in [-0.4, -0.2) is 86.8 Å². The monoisotopic (exact) mass is 725 g/mol. The molecule has 0 saturated carbocycles. The molecule has 2 aliphatic rings. The summed E-state index contributed by atoms with van der Waals surface area (Å²) >= 11 is 0. The molecule has 6 rings (SSSR count). The second kappa shape index (κ2) is 14.3. The highest BCUT2D eigenvalue weighted by molar-refractivity contribution is 6.74. The van der Waals surface area contributed by atoms with Gasteiger partial charge in [-0.15, -0.1) is 0 Å². The van der Waals surface area contributed by atoms with Crippen molar-refractivity contribution < 1.29 is 14.0 Å². The van der Waals surface area contributed by atoms with Crippen LogP contribution in [0.1, 0.15) is 82.8 Å². The van der Waals surface area contributed by atoms with E-state index < -0.39 is 8.32 Å². The summed E-state index contributed by atoms with van der Waals surface area (Å²) < 4.78 is 10.5. The maximum absolute atomic E-state index is 13.7. The van der Waals surface area contributed by atoms with E-state index >= 15 is 0 Å². The van der Waals surface area contributed by atoms with E-state index in [4.69, 9.17) is 14.4 Å². The first kappa shape index (κ1) is 37.6. The Morgan fingerprint density at radius 1 is 0.846 bits per heavy atom. The highest BCUT2D eigenvalue weighted by Gasteiger charge is 2.39. The van der Waals surface area contributed by atoms with Crippen LogP contribution in [0, 0.1) is 13.8 Å². The highest BCUT2D eigenvalue weighted by Crippen LogP contribution is 2.38. The lowest BCUT2D eigenvalue weighted by atomic mass is 9.96. The first-order valence-electron chi connectivity index (χ1n) is 18.3. The Morgan fingerprint density at radius 2 is 1.42 bits per heavy atom. The number of hydrogen-bond donors (Lipinski definition) is 2. The predicted octanol–water partition coefficient (Wildman–Crippen LogP) is 6.09. The maximum Gasteiger partial charge on any atom is 0.291 e. The second-order valence-corrected chi connectivity index (χ2v) is 20.9. The van der Waals surface area contributed by atoms with Crippen molar-refractivity contribution in [2.75, 3.05) is 37.3 Å². The molecule has 2 amide bonds. The van der Waals surface area contributed by atoms with Gasteiger partial charge in [-0.2, -0.15) is 0 Å². The summed E-state index contributed by atoms with van der Waals surface area (Å²) in [6.45, 7) is 21.6. The van der Waals surface area contributed by atoms with E-state index in [1.807, 2.05) is 55.3 Å². The third-order valence-corrected chi connectivity index (χ3v) is 15.9. The minimum atomic E-state index is -1.87. The van der Waals surface area contributed by atoms with Crippen molar-refractivity contribution in [3.8, 4) is 11.1 Å². The Labute approximate surface area is 309 Å². The van der Waals surface area contributed by atoms with Gasteiger partial charge in [0.25, 0.3) is 11.8 Å². The Morgan fingerprint density at radius 3 is 2.06 bits per heavy atom. The fourth-order valence-corrected chi connectivity index (χ4v) is 8.66. The van der Waals surface area contributed by atoms with Crippen LogP contribution in [0.15, 0.2) is 30.6 Å². The zero-order valence-electron chi connectivity index (χ0n) is 32.8. The minimum Gasteiger partial charge on any atom is -0.413 e. The number of likely N-dealkylation sites (N-methyl/N-ethyl adjacent to an activating group) is 1. The van der Waals surface area contributed by atoms with Gasteiger partial charge in [0.05, 0.1) is 29.4 Å². The van der Waals surface area contributed by atoms with E-state index in [0.717, 1.165) is 84.1 Å². The molecule has 0 aliphatic carbocycles. The average Bonchev–Trinajstić information content (AvgIpc) is 3.57. The number of carbonyl (C=O) groups is 2. The third kappa shape index (κ3) is 7.36. The summed E-state index contributed by atoms with van der Waals surface area (Å²) in [5.41, 5.74) is 8.96. The molecule has 12 nitrogen and oxygen atoms in total. The number of benzene rings is 1. The van der Waals surface area contributed by atoms with Crippen LogP contribution in [0.25, 0.3) is 11.1 Å². The number of amides is 2. The van der Waals surface area contributed by atoms with Crippen LogP contribution in [0.4, 0.5) is 11.4 Å². The fourth-order valence-electron chi connectivity index (χ4n) is 7.23. The summed E-state index contributed by atoms with van der Waals surface area (Å²) in [7, 11) is 4.03. The maximum atomic E-state index is 13.7. The zero-order valence-corrected chi connectivity index (χ0v) is 33.8. The number of anilines is 2. The second-order valence-electron chi connectivity index (χ2n) is 16.2. The molecule has 0 bridgehead atoms. The summed E-state index contributed by atoms with van der Waals surface area (Å²) in [5.74, 6) is 0.264. The minimum absolute atomic E-state index is 0.116. The van der Waals surface area contributed by atoms with E-state index in [0.29, 0.717) is 29.6 Å². The van der Waals surface area contributed by atoms with Crippen LogP contribution in [0.2, 0.25) is 18.1 Å². The van der Waals surface area contributed by atoms with Crippen molar-refractivity contribution in [3.63, 3.8) is 0 Å². The third-order valence-electron chi connectivity index (χ3n) is 11.3. The molecule has 3 aromatic heterocycles. The Kier molecular flexibility index (Phi) is 10.4. The Hall–Kier alpha value is -4.17. The number of nitrogens with one attached hydrogen (secondary N) is 2. The van der Waals surface area contributed by atoms with Gasteiger partial charge in [0.2, 0.25) is 0 Å². The largest absolute Gasteiger partial charge is 0.413 e. The van der Waals surface area contributed by atoms with Gasteiger partial charge in [0.1, 0.15) is 0 Å². The molecule has 4 aromatic rings. The molecule has 1 atom stereocenters. The van der Waals surface area contributed by atoms with Crippen LogP contribution in [0.5, 0.6) is 0 Å². The van der Waals surface area contributed by atoms with E-state index in [2.05, 4.69) is 73.3 Å². The Balaban J connectivity index is 1.16. The molecule has 0 radical (unpaired) electrons. The van der Waals surface area contributed by atoms with Crippen LogP contribution >= 0.6 is 0 Å². The van der Waals surface area contributed by atoms with E-state index in [9.17, 15) is 9.59 Å². The summed E-state index contributed by atoms with van der Waals surface area (Å²) in [4.78, 5) is 45.9.